The van der Waals surface area contributed by atoms with Gasteiger partial charge in [0.25, 0.3) is 5.56 Å². The van der Waals surface area contributed by atoms with Gasteiger partial charge in [-0.05, 0) is 37.1 Å². The van der Waals surface area contributed by atoms with Gasteiger partial charge in [0.15, 0.2) is 0 Å². The van der Waals surface area contributed by atoms with Crippen molar-refractivity contribution < 1.29 is 4.79 Å². The first-order chi connectivity index (χ1) is 11.0. The van der Waals surface area contributed by atoms with E-state index in [1.807, 2.05) is 38.1 Å². The summed E-state index contributed by atoms with van der Waals surface area (Å²) >= 11 is 0. The molecule has 1 atom stereocenters. The molecule has 1 N–H and O–H groups in total. The summed E-state index contributed by atoms with van der Waals surface area (Å²) in [5, 5.41) is 11.9. The maximum absolute atomic E-state index is 12.5. The minimum atomic E-state index is -0.714. The van der Waals surface area contributed by atoms with E-state index in [2.05, 4.69) is 5.32 Å². The molecule has 5 nitrogen and oxygen atoms in total. The fourth-order valence-electron chi connectivity index (χ4n) is 2.41. The SMILES string of the molecule is CC(C)c1ccc(C#N)c(=O)n1C(C)C(=O)Nc1ccccc1. The van der Waals surface area contributed by atoms with E-state index in [0.717, 1.165) is 5.69 Å². The van der Waals surface area contributed by atoms with Crippen LogP contribution in [0.1, 0.15) is 44.0 Å². The van der Waals surface area contributed by atoms with Gasteiger partial charge in [-0.15, -0.1) is 0 Å². The van der Waals surface area contributed by atoms with Gasteiger partial charge in [0, 0.05) is 11.4 Å². The van der Waals surface area contributed by atoms with Crippen molar-refractivity contribution in [2.24, 2.45) is 0 Å². The maximum atomic E-state index is 12.5. The van der Waals surface area contributed by atoms with Crippen LogP contribution in [0.3, 0.4) is 0 Å². The van der Waals surface area contributed by atoms with Crippen LogP contribution in [0.2, 0.25) is 0 Å². The second-order valence-corrected chi connectivity index (χ2v) is 5.64. The highest BCUT2D eigenvalue weighted by molar-refractivity contribution is 5.93. The minimum Gasteiger partial charge on any atom is -0.324 e. The summed E-state index contributed by atoms with van der Waals surface area (Å²) in [6.07, 6.45) is 0. The second kappa shape index (κ2) is 6.93. The van der Waals surface area contributed by atoms with Crippen LogP contribution in [0.4, 0.5) is 5.69 Å². The summed E-state index contributed by atoms with van der Waals surface area (Å²) in [4.78, 5) is 25.0. The van der Waals surface area contributed by atoms with E-state index in [1.165, 1.54) is 10.6 Å². The summed E-state index contributed by atoms with van der Waals surface area (Å²) < 4.78 is 1.40. The third-order valence-electron chi connectivity index (χ3n) is 3.67. The molecule has 0 aliphatic rings. The Bertz CT molecular complexity index is 801. The van der Waals surface area contributed by atoms with Gasteiger partial charge in [-0.3, -0.25) is 14.2 Å². The Morgan fingerprint density at radius 3 is 2.35 bits per heavy atom. The Hall–Kier alpha value is -2.87. The Labute approximate surface area is 135 Å². The molecule has 2 rings (SSSR count). The number of pyridine rings is 1. The summed E-state index contributed by atoms with van der Waals surface area (Å²) in [6, 6.07) is 13.5. The monoisotopic (exact) mass is 309 g/mol. The van der Waals surface area contributed by atoms with Crippen molar-refractivity contribution in [3.63, 3.8) is 0 Å². The van der Waals surface area contributed by atoms with E-state index in [4.69, 9.17) is 5.26 Å². The fourth-order valence-corrected chi connectivity index (χ4v) is 2.41. The Balaban J connectivity index is 2.42. The van der Waals surface area contributed by atoms with Gasteiger partial charge in [0.05, 0.1) is 0 Å². The predicted octanol–water partition coefficient (Wildman–Crippen LogP) is 3.04. The Morgan fingerprint density at radius 2 is 1.78 bits per heavy atom. The summed E-state index contributed by atoms with van der Waals surface area (Å²) in [5.74, 6) is -0.238. The number of hydrogen-bond acceptors (Lipinski definition) is 3. The van der Waals surface area contributed by atoms with Crippen molar-refractivity contribution in [2.45, 2.75) is 32.7 Å². The fraction of sp³-hybridized carbons (Fsp3) is 0.278. The summed E-state index contributed by atoms with van der Waals surface area (Å²) in [5.41, 5.74) is 0.993. The lowest BCUT2D eigenvalue weighted by molar-refractivity contribution is -0.118. The van der Waals surface area contributed by atoms with Crippen molar-refractivity contribution in [3.05, 3.63) is 64.1 Å². The Morgan fingerprint density at radius 1 is 1.13 bits per heavy atom. The molecular formula is C18H19N3O2. The first kappa shape index (κ1) is 16.5. The first-order valence-corrected chi connectivity index (χ1v) is 7.47. The molecule has 0 spiro atoms. The highest BCUT2D eigenvalue weighted by atomic mass is 16.2. The zero-order valence-electron chi connectivity index (χ0n) is 13.4. The van der Waals surface area contributed by atoms with Crippen LogP contribution >= 0.6 is 0 Å². The number of rotatable bonds is 4. The van der Waals surface area contributed by atoms with Crippen molar-refractivity contribution in [3.8, 4) is 6.07 Å². The lowest BCUT2D eigenvalue weighted by Crippen LogP contribution is -2.35. The van der Waals surface area contributed by atoms with E-state index >= 15 is 0 Å². The lowest BCUT2D eigenvalue weighted by Gasteiger charge is -2.21. The van der Waals surface area contributed by atoms with Gasteiger partial charge < -0.3 is 5.32 Å². The van der Waals surface area contributed by atoms with Crippen molar-refractivity contribution in [1.29, 1.82) is 5.26 Å². The zero-order valence-corrected chi connectivity index (χ0v) is 13.4. The first-order valence-electron chi connectivity index (χ1n) is 7.47. The van der Waals surface area contributed by atoms with Gasteiger partial charge in [-0.25, -0.2) is 0 Å². The number of carbonyl (C=O) groups excluding carboxylic acids is 1. The maximum Gasteiger partial charge on any atom is 0.269 e. The molecule has 0 saturated heterocycles. The molecule has 2 aromatic rings. The number of aromatic nitrogens is 1. The topological polar surface area (TPSA) is 74.9 Å². The van der Waals surface area contributed by atoms with Crippen LogP contribution in [0, 0.1) is 11.3 Å². The van der Waals surface area contributed by atoms with E-state index < -0.39 is 11.6 Å². The summed E-state index contributed by atoms with van der Waals surface area (Å²) in [7, 11) is 0. The molecule has 1 aromatic carbocycles. The van der Waals surface area contributed by atoms with Crippen LogP contribution < -0.4 is 10.9 Å². The lowest BCUT2D eigenvalue weighted by atomic mass is 10.1. The zero-order chi connectivity index (χ0) is 17.0. The van der Waals surface area contributed by atoms with Crippen molar-refractivity contribution in [2.75, 3.05) is 5.32 Å². The number of carbonyl (C=O) groups is 1. The molecule has 5 heteroatoms. The van der Waals surface area contributed by atoms with E-state index in [0.29, 0.717) is 5.69 Å². The van der Waals surface area contributed by atoms with Gasteiger partial charge in [0.1, 0.15) is 17.7 Å². The average molecular weight is 309 g/mol. The predicted molar refractivity (Wildman–Crippen MR) is 89.3 cm³/mol. The molecule has 0 saturated carbocycles. The number of hydrogen-bond donors (Lipinski definition) is 1. The molecule has 0 fully saturated rings. The third kappa shape index (κ3) is 3.49. The molecule has 0 aliphatic carbocycles. The molecule has 1 aromatic heterocycles. The summed E-state index contributed by atoms with van der Waals surface area (Å²) in [6.45, 7) is 5.55. The van der Waals surface area contributed by atoms with Crippen molar-refractivity contribution in [1.82, 2.24) is 4.57 Å². The van der Waals surface area contributed by atoms with Crippen LogP contribution in [0.5, 0.6) is 0 Å². The molecular weight excluding hydrogens is 290 g/mol. The van der Waals surface area contributed by atoms with E-state index in [1.54, 1.807) is 25.1 Å². The quantitative estimate of drug-likeness (QED) is 0.943. The standard InChI is InChI=1S/C18H19N3O2/c1-12(2)16-10-9-14(11-19)18(23)21(16)13(3)17(22)20-15-7-5-4-6-8-15/h4-10,12-13H,1-3H3,(H,20,22). The molecule has 0 bridgehead atoms. The van der Waals surface area contributed by atoms with Crippen molar-refractivity contribution >= 4 is 11.6 Å². The highest BCUT2D eigenvalue weighted by Gasteiger charge is 2.22. The van der Waals surface area contributed by atoms with Crippen LogP contribution in [-0.2, 0) is 4.79 Å². The van der Waals surface area contributed by atoms with Crippen LogP contribution in [0.25, 0.3) is 0 Å². The van der Waals surface area contributed by atoms with Crippen LogP contribution in [-0.4, -0.2) is 10.5 Å². The molecule has 23 heavy (non-hydrogen) atoms. The average Bonchev–Trinajstić information content (AvgIpc) is 2.54. The number of para-hydroxylation sites is 1. The normalized spacial score (nSPS) is 11.8. The molecule has 118 valence electrons. The van der Waals surface area contributed by atoms with Gasteiger partial charge in [-0.2, -0.15) is 5.26 Å². The number of anilines is 1. The van der Waals surface area contributed by atoms with Crippen LogP contribution in [0.15, 0.2) is 47.3 Å². The number of nitrogens with one attached hydrogen (secondary N) is 1. The van der Waals surface area contributed by atoms with E-state index in [9.17, 15) is 9.59 Å². The molecule has 1 unspecified atom stereocenters. The number of benzene rings is 1. The smallest absolute Gasteiger partial charge is 0.269 e. The number of amides is 1. The number of nitriles is 1. The van der Waals surface area contributed by atoms with Gasteiger partial charge >= 0.3 is 0 Å². The molecule has 0 radical (unpaired) electrons. The second-order valence-electron chi connectivity index (χ2n) is 5.64. The third-order valence-corrected chi connectivity index (χ3v) is 3.67. The van der Waals surface area contributed by atoms with Gasteiger partial charge in [0.2, 0.25) is 5.91 Å². The number of nitrogens with zero attached hydrogens (tertiary/aromatic N) is 2. The van der Waals surface area contributed by atoms with Gasteiger partial charge in [-0.1, -0.05) is 32.0 Å². The highest BCUT2D eigenvalue weighted by Crippen LogP contribution is 2.18. The largest absolute Gasteiger partial charge is 0.324 e. The Kier molecular flexibility index (Phi) is 4.97. The molecule has 1 heterocycles. The minimum absolute atomic E-state index is 0.0359. The molecule has 1 amide bonds. The molecule has 0 aliphatic heterocycles. The van der Waals surface area contributed by atoms with E-state index in [-0.39, 0.29) is 17.4 Å².